The highest BCUT2D eigenvalue weighted by Gasteiger charge is 1.87. The quantitative estimate of drug-likeness (QED) is 0.680. The van der Waals surface area contributed by atoms with Crippen molar-refractivity contribution in [2.45, 2.75) is 13.3 Å². The van der Waals surface area contributed by atoms with Crippen LogP contribution in [-0.2, 0) is 0 Å². The third kappa shape index (κ3) is 3.79. The topological polar surface area (TPSA) is 3.24 Å². The van der Waals surface area contributed by atoms with Crippen LogP contribution in [0.15, 0.2) is 36.5 Å². The summed E-state index contributed by atoms with van der Waals surface area (Å²) in [5.41, 5.74) is 1.26. The minimum absolute atomic E-state index is 1.11. The van der Waals surface area contributed by atoms with Gasteiger partial charge in [-0.15, -0.1) is 0 Å². The normalized spacial score (nSPS) is 10.6. The van der Waals surface area contributed by atoms with Crippen molar-refractivity contribution in [1.82, 2.24) is 4.90 Å². The van der Waals surface area contributed by atoms with Gasteiger partial charge in [0.25, 0.3) is 0 Å². The van der Waals surface area contributed by atoms with Crippen LogP contribution in [0.5, 0.6) is 0 Å². The van der Waals surface area contributed by atoms with Gasteiger partial charge < -0.3 is 4.90 Å². The van der Waals surface area contributed by atoms with E-state index in [9.17, 15) is 0 Å². The van der Waals surface area contributed by atoms with Crippen LogP contribution in [0.2, 0.25) is 0 Å². The molecule has 0 spiro atoms. The summed E-state index contributed by atoms with van der Waals surface area (Å²) in [6.45, 7) is 3.30. The number of rotatable bonds is 4. The van der Waals surface area contributed by atoms with Crippen LogP contribution in [0, 0.1) is 0 Å². The van der Waals surface area contributed by atoms with Crippen LogP contribution in [0.3, 0.4) is 0 Å². The van der Waals surface area contributed by atoms with Gasteiger partial charge >= 0.3 is 0 Å². The van der Waals surface area contributed by atoms with Gasteiger partial charge in [0.15, 0.2) is 0 Å². The molecule has 0 aliphatic rings. The van der Waals surface area contributed by atoms with Gasteiger partial charge in [-0.1, -0.05) is 37.3 Å². The standard InChI is InChI=1S/C12H17N/c1-3-10-13(2)11-9-12-7-5-4-6-8-12/h4-9,11H,3,10H2,1-2H3. The highest BCUT2D eigenvalue weighted by atomic mass is 15.1. The summed E-state index contributed by atoms with van der Waals surface area (Å²) in [5.74, 6) is 0. The third-order valence-corrected chi connectivity index (χ3v) is 1.90. The van der Waals surface area contributed by atoms with Crippen LogP contribution in [0.4, 0.5) is 0 Å². The second-order valence-corrected chi connectivity index (χ2v) is 3.21. The Morgan fingerprint density at radius 3 is 2.54 bits per heavy atom. The molecule has 1 aromatic carbocycles. The van der Waals surface area contributed by atoms with E-state index in [2.05, 4.69) is 55.4 Å². The number of benzene rings is 1. The van der Waals surface area contributed by atoms with Gasteiger partial charge in [0.2, 0.25) is 0 Å². The molecule has 0 saturated heterocycles. The summed E-state index contributed by atoms with van der Waals surface area (Å²) in [5, 5.41) is 0. The van der Waals surface area contributed by atoms with E-state index in [1.165, 1.54) is 12.0 Å². The molecule has 1 heteroatoms. The zero-order valence-corrected chi connectivity index (χ0v) is 8.40. The molecule has 0 aliphatic carbocycles. The average molecular weight is 175 g/mol. The Balaban J connectivity index is 2.49. The average Bonchev–Trinajstić information content (AvgIpc) is 2.17. The van der Waals surface area contributed by atoms with Gasteiger partial charge in [-0.25, -0.2) is 0 Å². The number of hydrogen-bond donors (Lipinski definition) is 0. The van der Waals surface area contributed by atoms with E-state index in [-0.39, 0.29) is 0 Å². The van der Waals surface area contributed by atoms with Crippen molar-refractivity contribution in [2.24, 2.45) is 0 Å². The van der Waals surface area contributed by atoms with Crippen molar-refractivity contribution >= 4 is 6.08 Å². The van der Waals surface area contributed by atoms with Gasteiger partial charge in [-0.2, -0.15) is 0 Å². The number of hydrogen-bond acceptors (Lipinski definition) is 1. The lowest BCUT2D eigenvalue weighted by molar-refractivity contribution is 0.457. The smallest absolute Gasteiger partial charge is 0.0166 e. The molecule has 0 saturated carbocycles. The van der Waals surface area contributed by atoms with Crippen molar-refractivity contribution in [3.63, 3.8) is 0 Å². The zero-order chi connectivity index (χ0) is 9.52. The van der Waals surface area contributed by atoms with E-state index in [4.69, 9.17) is 0 Å². The van der Waals surface area contributed by atoms with E-state index in [0.29, 0.717) is 0 Å². The molecular weight excluding hydrogens is 158 g/mol. The molecule has 0 fully saturated rings. The fourth-order valence-corrected chi connectivity index (χ4v) is 1.20. The summed E-state index contributed by atoms with van der Waals surface area (Å²) in [6.07, 6.45) is 5.45. The van der Waals surface area contributed by atoms with Gasteiger partial charge in [0.1, 0.15) is 0 Å². The maximum absolute atomic E-state index is 2.20. The van der Waals surface area contributed by atoms with Crippen molar-refractivity contribution in [2.75, 3.05) is 13.6 Å². The molecule has 1 aromatic rings. The zero-order valence-electron chi connectivity index (χ0n) is 8.40. The summed E-state index contributed by atoms with van der Waals surface area (Å²) in [6, 6.07) is 10.4. The first kappa shape index (κ1) is 9.85. The first-order valence-electron chi connectivity index (χ1n) is 4.76. The monoisotopic (exact) mass is 175 g/mol. The molecule has 0 N–H and O–H groups in total. The molecule has 1 nitrogen and oxygen atoms in total. The first-order valence-corrected chi connectivity index (χ1v) is 4.76. The van der Waals surface area contributed by atoms with Crippen LogP contribution in [0.25, 0.3) is 6.08 Å². The lowest BCUT2D eigenvalue weighted by Crippen LogP contribution is -2.10. The van der Waals surface area contributed by atoms with E-state index in [1.54, 1.807) is 0 Å². The van der Waals surface area contributed by atoms with Crippen molar-refractivity contribution < 1.29 is 0 Å². The Morgan fingerprint density at radius 1 is 1.23 bits per heavy atom. The summed E-state index contributed by atoms with van der Waals surface area (Å²) < 4.78 is 0. The molecule has 0 unspecified atom stereocenters. The van der Waals surface area contributed by atoms with Gasteiger partial charge in [-0.05, 0) is 24.3 Å². The number of nitrogens with zero attached hydrogens (tertiary/aromatic N) is 1. The molecule has 0 bridgehead atoms. The SMILES string of the molecule is CCCN(C)C=Cc1ccccc1. The summed E-state index contributed by atoms with van der Waals surface area (Å²) in [7, 11) is 2.10. The van der Waals surface area contributed by atoms with E-state index < -0.39 is 0 Å². The van der Waals surface area contributed by atoms with E-state index >= 15 is 0 Å². The van der Waals surface area contributed by atoms with Gasteiger partial charge in [0, 0.05) is 13.6 Å². The van der Waals surface area contributed by atoms with Crippen LogP contribution < -0.4 is 0 Å². The van der Waals surface area contributed by atoms with E-state index in [1.807, 2.05) is 6.07 Å². The molecule has 0 amide bonds. The van der Waals surface area contributed by atoms with Crippen molar-refractivity contribution in [3.8, 4) is 0 Å². The van der Waals surface area contributed by atoms with Crippen molar-refractivity contribution in [1.29, 1.82) is 0 Å². The fourth-order valence-electron chi connectivity index (χ4n) is 1.20. The first-order chi connectivity index (χ1) is 6.33. The fraction of sp³-hybridized carbons (Fsp3) is 0.333. The second kappa shape index (κ2) is 5.41. The van der Waals surface area contributed by atoms with Crippen LogP contribution in [-0.4, -0.2) is 18.5 Å². The second-order valence-electron chi connectivity index (χ2n) is 3.21. The minimum atomic E-state index is 1.11. The Morgan fingerprint density at radius 2 is 1.92 bits per heavy atom. The highest BCUT2D eigenvalue weighted by molar-refractivity contribution is 5.48. The predicted molar refractivity (Wildman–Crippen MR) is 58.4 cm³/mol. The Hall–Kier alpha value is -1.24. The lowest BCUT2D eigenvalue weighted by Gasteiger charge is -2.11. The maximum Gasteiger partial charge on any atom is 0.0166 e. The van der Waals surface area contributed by atoms with Crippen LogP contribution >= 0.6 is 0 Å². The maximum atomic E-state index is 2.20. The molecule has 0 heterocycles. The molecule has 70 valence electrons. The van der Waals surface area contributed by atoms with Gasteiger partial charge in [0.05, 0.1) is 0 Å². The predicted octanol–water partition coefficient (Wildman–Crippen LogP) is 3.00. The Kier molecular flexibility index (Phi) is 4.10. The molecule has 13 heavy (non-hydrogen) atoms. The minimum Gasteiger partial charge on any atom is -0.380 e. The van der Waals surface area contributed by atoms with E-state index in [0.717, 1.165) is 6.54 Å². The third-order valence-electron chi connectivity index (χ3n) is 1.90. The molecule has 0 atom stereocenters. The largest absolute Gasteiger partial charge is 0.380 e. The summed E-state index contributed by atoms with van der Waals surface area (Å²) in [4.78, 5) is 2.20. The molecule has 0 radical (unpaired) electrons. The summed E-state index contributed by atoms with van der Waals surface area (Å²) >= 11 is 0. The molecular formula is C12H17N. The molecule has 0 aromatic heterocycles. The lowest BCUT2D eigenvalue weighted by atomic mass is 10.2. The van der Waals surface area contributed by atoms with Gasteiger partial charge in [-0.3, -0.25) is 0 Å². The Labute approximate surface area is 80.7 Å². The molecule has 1 rings (SSSR count). The Bertz CT molecular complexity index is 251. The van der Waals surface area contributed by atoms with Crippen molar-refractivity contribution in [3.05, 3.63) is 42.1 Å². The van der Waals surface area contributed by atoms with Crippen LogP contribution in [0.1, 0.15) is 18.9 Å². The molecule has 0 aliphatic heterocycles. The highest BCUT2D eigenvalue weighted by Crippen LogP contribution is 2.01.